The molecular weight excluding hydrogens is 675 g/mol. The van der Waals surface area contributed by atoms with Crippen LogP contribution >= 0.6 is 0 Å². The van der Waals surface area contributed by atoms with Gasteiger partial charge in [-0.1, -0.05) is 178 Å². The van der Waals surface area contributed by atoms with Crippen molar-refractivity contribution < 1.29 is 0 Å². The number of hydrogen-bond acceptors (Lipinski definition) is 1. The highest BCUT2D eigenvalue weighted by Gasteiger charge is 2.47. The number of fused-ring (bicyclic) bond motifs is 4. The molecule has 268 valence electrons. The molecule has 0 heterocycles. The first kappa shape index (κ1) is 33.8. The third-order valence-electron chi connectivity index (χ3n) is 12.2. The second-order valence-corrected chi connectivity index (χ2v) is 15.8. The maximum Gasteiger partial charge on any atom is 0.0464 e. The molecule has 0 amide bonds. The topological polar surface area (TPSA) is 3.24 Å². The first-order chi connectivity index (χ1) is 27.5. The quantitative estimate of drug-likeness (QED) is 0.159. The minimum Gasteiger partial charge on any atom is -0.310 e. The molecule has 0 bridgehead atoms. The van der Waals surface area contributed by atoms with Crippen LogP contribution < -0.4 is 4.90 Å². The summed E-state index contributed by atoms with van der Waals surface area (Å²) < 4.78 is 0. The van der Waals surface area contributed by atoms with E-state index >= 15 is 0 Å². The molecule has 0 spiro atoms. The predicted octanol–water partition coefficient (Wildman–Crippen LogP) is 15.0. The highest BCUT2D eigenvalue weighted by atomic mass is 15.1. The molecule has 0 aliphatic heterocycles. The third kappa shape index (κ3) is 5.88. The zero-order valence-corrected chi connectivity index (χ0v) is 31.8. The molecule has 2 unspecified atom stereocenters. The van der Waals surface area contributed by atoms with Crippen LogP contribution in [0, 0.1) is 5.92 Å². The minimum atomic E-state index is -0.0442. The maximum atomic E-state index is 2.47. The fourth-order valence-electron chi connectivity index (χ4n) is 9.31. The van der Waals surface area contributed by atoms with Gasteiger partial charge < -0.3 is 4.90 Å². The molecule has 10 rings (SSSR count). The molecule has 8 aromatic carbocycles. The van der Waals surface area contributed by atoms with Gasteiger partial charge in [-0.25, -0.2) is 0 Å². The molecule has 0 saturated heterocycles. The van der Waals surface area contributed by atoms with Crippen molar-refractivity contribution in [1.82, 2.24) is 0 Å². The SMILES string of the molecule is CC1(C)c2cc(N(c3ccc(-c4ccccc4)cc3)c3ccc(-c4cc5ccccc5cc4-c4ccccc4)cc3)ccc2C2C(c3ccccc3)=CC=CC21. The van der Waals surface area contributed by atoms with Gasteiger partial charge in [0, 0.05) is 23.0 Å². The summed E-state index contributed by atoms with van der Waals surface area (Å²) in [6, 6.07) is 71.1. The van der Waals surface area contributed by atoms with Gasteiger partial charge in [0.15, 0.2) is 0 Å². The van der Waals surface area contributed by atoms with Gasteiger partial charge in [0.2, 0.25) is 0 Å². The highest BCUT2D eigenvalue weighted by molar-refractivity contribution is 5.97. The van der Waals surface area contributed by atoms with E-state index in [1.807, 2.05) is 0 Å². The molecule has 0 radical (unpaired) electrons. The Hall–Kier alpha value is -6.70. The summed E-state index contributed by atoms with van der Waals surface area (Å²) in [5.74, 6) is 0.701. The van der Waals surface area contributed by atoms with Crippen molar-refractivity contribution in [3.8, 4) is 33.4 Å². The van der Waals surface area contributed by atoms with E-state index in [1.165, 1.54) is 72.1 Å². The van der Waals surface area contributed by atoms with Crippen LogP contribution in [0.2, 0.25) is 0 Å². The Morgan fingerprint density at radius 2 is 0.893 bits per heavy atom. The van der Waals surface area contributed by atoms with Crippen molar-refractivity contribution in [2.75, 3.05) is 4.90 Å². The van der Waals surface area contributed by atoms with E-state index in [2.05, 4.69) is 231 Å². The van der Waals surface area contributed by atoms with Gasteiger partial charge in [0.1, 0.15) is 0 Å². The fourth-order valence-corrected chi connectivity index (χ4v) is 9.31. The lowest BCUT2D eigenvalue weighted by Crippen LogP contribution is -2.26. The van der Waals surface area contributed by atoms with Crippen LogP contribution in [0.5, 0.6) is 0 Å². The van der Waals surface area contributed by atoms with E-state index in [-0.39, 0.29) is 5.41 Å². The van der Waals surface area contributed by atoms with Crippen LogP contribution in [-0.4, -0.2) is 0 Å². The second kappa shape index (κ2) is 13.9. The Labute approximate surface area is 330 Å². The number of benzene rings is 8. The van der Waals surface area contributed by atoms with E-state index in [0.29, 0.717) is 11.8 Å². The Bertz CT molecular complexity index is 2740. The van der Waals surface area contributed by atoms with Crippen LogP contribution in [0.15, 0.2) is 212 Å². The van der Waals surface area contributed by atoms with Crippen molar-refractivity contribution in [1.29, 1.82) is 0 Å². The monoisotopic (exact) mass is 717 g/mol. The van der Waals surface area contributed by atoms with Crippen molar-refractivity contribution in [3.63, 3.8) is 0 Å². The first-order valence-corrected chi connectivity index (χ1v) is 19.8. The highest BCUT2D eigenvalue weighted by Crippen LogP contribution is 2.58. The Morgan fingerprint density at radius 1 is 0.429 bits per heavy atom. The number of anilines is 3. The summed E-state index contributed by atoms with van der Waals surface area (Å²) in [5, 5.41) is 2.49. The maximum absolute atomic E-state index is 2.47. The molecular formula is C55H43N. The van der Waals surface area contributed by atoms with Crippen LogP contribution in [0.25, 0.3) is 49.7 Å². The van der Waals surface area contributed by atoms with Gasteiger partial charge in [-0.15, -0.1) is 0 Å². The third-order valence-corrected chi connectivity index (χ3v) is 12.2. The Kier molecular flexibility index (Phi) is 8.37. The van der Waals surface area contributed by atoms with E-state index in [0.717, 1.165) is 11.4 Å². The number of nitrogens with zero attached hydrogens (tertiary/aromatic N) is 1. The summed E-state index contributed by atoms with van der Waals surface area (Å²) >= 11 is 0. The average Bonchev–Trinajstić information content (AvgIpc) is 3.50. The summed E-state index contributed by atoms with van der Waals surface area (Å²) in [6.45, 7) is 4.86. The molecule has 0 aromatic heterocycles. The second-order valence-electron chi connectivity index (χ2n) is 15.8. The summed E-state index contributed by atoms with van der Waals surface area (Å²) in [5.41, 5.74) is 16.3. The largest absolute Gasteiger partial charge is 0.310 e. The van der Waals surface area contributed by atoms with Crippen LogP contribution in [0.4, 0.5) is 17.1 Å². The van der Waals surface area contributed by atoms with Gasteiger partial charge in [0.25, 0.3) is 0 Å². The molecule has 0 fully saturated rings. The number of allylic oxidation sites excluding steroid dienone is 4. The Balaban J connectivity index is 1.09. The molecule has 1 nitrogen and oxygen atoms in total. The molecule has 1 heteroatoms. The van der Waals surface area contributed by atoms with Crippen molar-refractivity contribution in [3.05, 3.63) is 229 Å². The lowest BCUT2D eigenvalue weighted by molar-refractivity contribution is 0.399. The van der Waals surface area contributed by atoms with E-state index in [9.17, 15) is 0 Å². The van der Waals surface area contributed by atoms with E-state index < -0.39 is 0 Å². The normalized spacial score (nSPS) is 16.6. The summed E-state index contributed by atoms with van der Waals surface area (Å²) in [4.78, 5) is 2.43. The van der Waals surface area contributed by atoms with Crippen molar-refractivity contribution >= 4 is 33.4 Å². The van der Waals surface area contributed by atoms with Gasteiger partial charge in [0.05, 0.1) is 0 Å². The fraction of sp³-hybridized carbons (Fsp3) is 0.0909. The molecule has 2 aliphatic carbocycles. The van der Waals surface area contributed by atoms with E-state index in [1.54, 1.807) is 0 Å². The number of hydrogen-bond donors (Lipinski definition) is 0. The molecule has 2 atom stereocenters. The lowest BCUT2D eigenvalue weighted by Gasteiger charge is -2.32. The zero-order chi connectivity index (χ0) is 37.6. The number of rotatable bonds is 7. The minimum absolute atomic E-state index is 0.0442. The smallest absolute Gasteiger partial charge is 0.0464 e. The molecule has 0 saturated carbocycles. The standard InChI is InChI=1S/C55H43N/c1-55(2)52-24-14-23-48(40-17-8-4-9-18-40)54(52)49-34-33-47(37-53(49)55)56(45-29-25-39(26-30-45)38-15-6-3-7-16-38)46-31-27-42(28-32-46)51-36-44-22-13-12-21-43(44)35-50(51)41-19-10-5-11-20-41/h3-37,52,54H,1-2H3. The van der Waals surface area contributed by atoms with Crippen LogP contribution in [-0.2, 0) is 5.41 Å². The zero-order valence-electron chi connectivity index (χ0n) is 31.8. The van der Waals surface area contributed by atoms with Crippen molar-refractivity contribution in [2.45, 2.75) is 25.2 Å². The lowest BCUT2D eigenvalue weighted by atomic mass is 9.71. The van der Waals surface area contributed by atoms with E-state index in [4.69, 9.17) is 0 Å². The summed E-state index contributed by atoms with van der Waals surface area (Å²) in [7, 11) is 0. The first-order valence-electron chi connectivity index (χ1n) is 19.8. The molecule has 2 aliphatic rings. The van der Waals surface area contributed by atoms with Crippen LogP contribution in [0.1, 0.15) is 36.5 Å². The van der Waals surface area contributed by atoms with Gasteiger partial charge in [-0.2, -0.15) is 0 Å². The van der Waals surface area contributed by atoms with Gasteiger partial charge >= 0.3 is 0 Å². The molecule has 0 N–H and O–H groups in total. The summed E-state index contributed by atoms with van der Waals surface area (Å²) in [6.07, 6.45) is 7.04. The average molecular weight is 718 g/mol. The van der Waals surface area contributed by atoms with Gasteiger partial charge in [-0.05, 0) is 126 Å². The van der Waals surface area contributed by atoms with Crippen molar-refractivity contribution in [2.24, 2.45) is 5.92 Å². The van der Waals surface area contributed by atoms with Crippen LogP contribution in [0.3, 0.4) is 0 Å². The van der Waals surface area contributed by atoms with Gasteiger partial charge in [-0.3, -0.25) is 0 Å². The Morgan fingerprint density at radius 3 is 1.48 bits per heavy atom. The molecule has 56 heavy (non-hydrogen) atoms. The molecule has 8 aromatic rings. The predicted molar refractivity (Wildman–Crippen MR) is 238 cm³/mol.